The Morgan fingerprint density at radius 3 is 2.29 bits per heavy atom. The van der Waals surface area contributed by atoms with E-state index in [2.05, 4.69) is 11.4 Å². The van der Waals surface area contributed by atoms with Crippen LogP contribution < -0.4 is 5.32 Å². The van der Waals surface area contributed by atoms with Gasteiger partial charge in [-0.15, -0.1) is 0 Å². The first-order valence-corrected chi connectivity index (χ1v) is 5.32. The molecule has 0 saturated heterocycles. The van der Waals surface area contributed by atoms with Crippen molar-refractivity contribution < 1.29 is 13.2 Å². The van der Waals surface area contributed by atoms with E-state index >= 15 is 0 Å². The highest BCUT2D eigenvalue weighted by molar-refractivity contribution is 5.44. The van der Waals surface area contributed by atoms with E-state index in [1.54, 1.807) is 0 Å². The van der Waals surface area contributed by atoms with Crippen LogP contribution in [0.2, 0.25) is 0 Å². The predicted molar refractivity (Wildman–Crippen MR) is 56.7 cm³/mol. The van der Waals surface area contributed by atoms with Crippen LogP contribution in [-0.4, -0.2) is 6.54 Å². The topological polar surface area (TPSA) is 35.8 Å². The van der Waals surface area contributed by atoms with Gasteiger partial charge in [-0.05, 0) is 12.8 Å². The molecule has 1 aromatic carbocycles. The molecule has 1 aliphatic carbocycles. The lowest BCUT2D eigenvalue weighted by atomic mass is 10.0. The summed E-state index contributed by atoms with van der Waals surface area (Å²) >= 11 is 0. The number of rotatable bonds is 4. The molecule has 0 radical (unpaired) electrons. The van der Waals surface area contributed by atoms with E-state index in [-0.39, 0.29) is 11.1 Å². The van der Waals surface area contributed by atoms with Crippen LogP contribution in [0.4, 0.5) is 18.9 Å². The van der Waals surface area contributed by atoms with Crippen LogP contribution in [0.5, 0.6) is 0 Å². The quantitative estimate of drug-likeness (QED) is 0.820. The lowest BCUT2D eigenvalue weighted by Gasteiger charge is -2.13. The van der Waals surface area contributed by atoms with Crippen molar-refractivity contribution in [3.05, 3.63) is 29.6 Å². The van der Waals surface area contributed by atoms with Gasteiger partial charge in [0.15, 0.2) is 17.5 Å². The van der Waals surface area contributed by atoms with Gasteiger partial charge in [-0.3, -0.25) is 0 Å². The van der Waals surface area contributed by atoms with Crippen molar-refractivity contribution in [3.8, 4) is 6.07 Å². The number of nitrogens with one attached hydrogen (secondary N) is 1. The molecule has 0 bridgehead atoms. The van der Waals surface area contributed by atoms with E-state index in [1.165, 1.54) is 0 Å². The van der Waals surface area contributed by atoms with Crippen molar-refractivity contribution >= 4 is 5.69 Å². The Morgan fingerprint density at radius 1 is 1.24 bits per heavy atom. The van der Waals surface area contributed by atoms with Gasteiger partial charge in [0.1, 0.15) is 0 Å². The SMILES string of the molecule is N#CCC1(CNc2cc(F)c(F)c(F)c2)CC1. The number of hydrogen-bond donors (Lipinski definition) is 1. The summed E-state index contributed by atoms with van der Waals surface area (Å²) in [6.07, 6.45) is 2.28. The van der Waals surface area contributed by atoms with E-state index in [4.69, 9.17) is 5.26 Å². The Bertz CT molecular complexity index is 452. The van der Waals surface area contributed by atoms with E-state index in [9.17, 15) is 13.2 Å². The van der Waals surface area contributed by atoms with E-state index in [0.717, 1.165) is 25.0 Å². The van der Waals surface area contributed by atoms with Crippen LogP contribution in [0.25, 0.3) is 0 Å². The van der Waals surface area contributed by atoms with Gasteiger partial charge < -0.3 is 5.32 Å². The van der Waals surface area contributed by atoms with Crippen LogP contribution >= 0.6 is 0 Å². The lowest BCUT2D eigenvalue weighted by Crippen LogP contribution is -2.15. The van der Waals surface area contributed by atoms with Crippen LogP contribution in [0.15, 0.2) is 12.1 Å². The number of anilines is 1. The minimum atomic E-state index is -1.46. The molecule has 1 fully saturated rings. The Labute approximate surface area is 97.1 Å². The number of hydrogen-bond acceptors (Lipinski definition) is 2. The van der Waals surface area contributed by atoms with Gasteiger partial charge >= 0.3 is 0 Å². The molecule has 2 nitrogen and oxygen atoms in total. The lowest BCUT2D eigenvalue weighted by molar-refractivity contribution is 0.447. The molecule has 0 atom stereocenters. The number of halogens is 3. The second-order valence-electron chi connectivity index (χ2n) is 4.44. The molecule has 90 valence electrons. The molecule has 1 aliphatic rings. The predicted octanol–water partition coefficient (Wildman–Crippen LogP) is 3.21. The molecule has 1 saturated carbocycles. The van der Waals surface area contributed by atoms with Gasteiger partial charge in [-0.25, -0.2) is 13.2 Å². The average Bonchev–Trinajstić information content (AvgIpc) is 3.04. The Kier molecular flexibility index (Phi) is 2.97. The summed E-state index contributed by atoms with van der Waals surface area (Å²) in [5, 5.41) is 11.5. The van der Waals surface area contributed by atoms with Crippen LogP contribution in [0, 0.1) is 34.2 Å². The third kappa shape index (κ3) is 2.52. The van der Waals surface area contributed by atoms with Crippen LogP contribution in [0.1, 0.15) is 19.3 Å². The van der Waals surface area contributed by atoms with Crippen molar-refractivity contribution in [2.45, 2.75) is 19.3 Å². The molecule has 0 amide bonds. The Hall–Kier alpha value is -1.70. The molecule has 0 heterocycles. The highest BCUT2D eigenvalue weighted by Gasteiger charge is 2.42. The van der Waals surface area contributed by atoms with Gasteiger partial charge in [-0.2, -0.15) is 5.26 Å². The normalized spacial score (nSPS) is 16.4. The maximum atomic E-state index is 12.9. The second-order valence-corrected chi connectivity index (χ2v) is 4.44. The Morgan fingerprint density at radius 2 is 1.82 bits per heavy atom. The molecular weight excluding hydrogens is 229 g/mol. The Balaban J connectivity index is 2.03. The van der Waals surface area contributed by atoms with Crippen molar-refractivity contribution in [1.29, 1.82) is 5.26 Å². The highest BCUT2D eigenvalue weighted by atomic mass is 19.2. The molecule has 0 spiro atoms. The number of nitriles is 1. The van der Waals surface area contributed by atoms with Crippen molar-refractivity contribution in [1.82, 2.24) is 0 Å². The van der Waals surface area contributed by atoms with Gasteiger partial charge in [-0.1, -0.05) is 0 Å². The van der Waals surface area contributed by atoms with Gasteiger partial charge in [0.2, 0.25) is 0 Å². The largest absolute Gasteiger partial charge is 0.384 e. The fraction of sp³-hybridized carbons (Fsp3) is 0.417. The fourth-order valence-corrected chi connectivity index (χ4v) is 1.71. The van der Waals surface area contributed by atoms with Gasteiger partial charge in [0.05, 0.1) is 6.07 Å². The minimum absolute atomic E-state index is 0.0733. The van der Waals surface area contributed by atoms with E-state index < -0.39 is 17.5 Å². The maximum Gasteiger partial charge on any atom is 0.194 e. The summed E-state index contributed by atoms with van der Waals surface area (Å²) in [5.74, 6) is -3.89. The second kappa shape index (κ2) is 4.28. The summed E-state index contributed by atoms with van der Waals surface area (Å²) in [4.78, 5) is 0. The molecule has 0 aliphatic heterocycles. The van der Waals surface area contributed by atoms with Crippen molar-refractivity contribution in [2.75, 3.05) is 11.9 Å². The zero-order valence-electron chi connectivity index (χ0n) is 9.06. The molecule has 0 aromatic heterocycles. The van der Waals surface area contributed by atoms with Crippen LogP contribution in [0.3, 0.4) is 0 Å². The highest BCUT2D eigenvalue weighted by Crippen LogP contribution is 2.48. The fourth-order valence-electron chi connectivity index (χ4n) is 1.71. The molecule has 1 N–H and O–H groups in total. The third-order valence-electron chi connectivity index (χ3n) is 3.06. The first-order chi connectivity index (χ1) is 8.06. The van der Waals surface area contributed by atoms with Gasteiger partial charge in [0.25, 0.3) is 0 Å². The van der Waals surface area contributed by atoms with Crippen molar-refractivity contribution in [3.63, 3.8) is 0 Å². The molecule has 5 heteroatoms. The molecule has 2 rings (SSSR count). The first kappa shape index (κ1) is 11.8. The monoisotopic (exact) mass is 240 g/mol. The summed E-state index contributed by atoms with van der Waals surface area (Å²) in [5.41, 5.74) is 0.126. The summed E-state index contributed by atoms with van der Waals surface area (Å²) in [6, 6.07) is 3.93. The number of benzene rings is 1. The van der Waals surface area contributed by atoms with E-state index in [0.29, 0.717) is 13.0 Å². The standard InChI is InChI=1S/C12H11F3N2/c13-9-5-8(6-10(14)11(9)15)17-7-12(1-2-12)3-4-16/h5-6,17H,1-3,7H2. The molecular formula is C12H11F3N2. The number of nitrogens with zero attached hydrogens (tertiary/aromatic N) is 1. The molecule has 1 aromatic rings. The maximum absolute atomic E-state index is 12.9. The summed E-state index contributed by atoms with van der Waals surface area (Å²) in [7, 11) is 0. The smallest absolute Gasteiger partial charge is 0.194 e. The van der Waals surface area contributed by atoms with Gasteiger partial charge in [0, 0.05) is 36.2 Å². The minimum Gasteiger partial charge on any atom is -0.384 e. The van der Waals surface area contributed by atoms with Crippen molar-refractivity contribution in [2.24, 2.45) is 5.41 Å². The van der Waals surface area contributed by atoms with Crippen LogP contribution in [-0.2, 0) is 0 Å². The third-order valence-corrected chi connectivity index (χ3v) is 3.06. The first-order valence-electron chi connectivity index (χ1n) is 5.32. The summed E-state index contributed by atoms with van der Waals surface area (Å²) < 4.78 is 38.5. The zero-order chi connectivity index (χ0) is 12.5. The molecule has 0 unspecified atom stereocenters. The molecule has 17 heavy (non-hydrogen) atoms. The average molecular weight is 240 g/mol. The summed E-state index contributed by atoms with van der Waals surface area (Å²) in [6.45, 7) is 0.477. The zero-order valence-corrected chi connectivity index (χ0v) is 9.06. The van der Waals surface area contributed by atoms with E-state index in [1.807, 2.05) is 0 Å².